The molecule has 0 aliphatic carbocycles. The molecule has 3 heterocycles. The number of aromatic nitrogens is 2. The summed E-state index contributed by atoms with van der Waals surface area (Å²) in [6, 6.07) is 3.30. The van der Waals surface area contributed by atoms with Crippen molar-refractivity contribution in [3.8, 4) is 11.5 Å². The SMILES string of the molecule is CCCCOc1cnc(C(=O)NCCN2CC[C@@H](c3cc(C(=O)OC)on3)C2)cc1OCCCC. The van der Waals surface area contributed by atoms with Crippen LogP contribution < -0.4 is 14.8 Å². The summed E-state index contributed by atoms with van der Waals surface area (Å²) in [7, 11) is 1.31. The molecule has 35 heavy (non-hydrogen) atoms. The molecule has 10 heteroatoms. The van der Waals surface area contributed by atoms with Crippen LogP contribution >= 0.6 is 0 Å². The molecule has 1 N–H and O–H groups in total. The molecule has 2 aromatic heterocycles. The second-order valence-corrected chi connectivity index (χ2v) is 8.57. The van der Waals surface area contributed by atoms with Gasteiger partial charge in [0.05, 0.1) is 32.2 Å². The summed E-state index contributed by atoms with van der Waals surface area (Å²) < 4.78 is 21.4. The fourth-order valence-electron chi connectivity index (χ4n) is 3.80. The first-order valence-electron chi connectivity index (χ1n) is 12.4. The molecular weight excluding hydrogens is 452 g/mol. The molecule has 0 radical (unpaired) electrons. The largest absolute Gasteiger partial charge is 0.490 e. The Morgan fingerprint density at radius 2 is 1.89 bits per heavy atom. The van der Waals surface area contributed by atoms with Gasteiger partial charge in [0.25, 0.3) is 5.91 Å². The number of hydrogen-bond donors (Lipinski definition) is 1. The van der Waals surface area contributed by atoms with Crippen LogP contribution in [-0.4, -0.2) is 73.4 Å². The fourth-order valence-corrected chi connectivity index (χ4v) is 3.80. The van der Waals surface area contributed by atoms with Crippen molar-refractivity contribution in [1.82, 2.24) is 20.4 Å². The number of carbonyl (C=O) groups excluding carboxylic acids is 2. The summed E-state index contributed by atoms with van der Waals surface area (Å²) in [5, 5.41) is 6.95. The van der Waals surface area contributed by atoms with Crippen LogP contribution in [0, 0.1) is 0 Å². The molecule has 10 nitrogen and oxygen atoms in total. The van der Waals surface area contributed by atoms with E-state index in [1.165, 1.54) is 7.11 Å². The minimum Gasteiger partial charge on any atom is -0.490 e. The second-order valence-electron chi connectivity index (χ2n) is 8.57. The van der Waals surface area contributed by atoms with Gasteiger partial charge in [0.15, 0.2) is 11.5 Å². The molecule has 0 aromatic carbocycles. The Morgan fingerprint density at radius 1 is 1.14 bits per heavy atom. The summed E-state index contributed by atoms with van der Waals surface area (Å²) in [5.74, 6) is 0.626. The molecule has 1 atom stereocenters. The maximum atomic E-state index is 12.7. The molecule has 1 amide bonds. The number of hydrogen-bond acceptors (Lipinski definition) is 9. The van der Waals surface area contributed by atoms with E-state index in [1.54, 1.807) is 18.3 Å². The van der Waals surface area contributed by atoms with E-state index >= 15 is 0 Å². The van der Waals surface area contributed by atoms with Crippen LogP contribution in [-0.2, 0) is 4.74 Å². The van der Waals surface area contributed by atoms with Gasteiger partial charge < -0.3 is 29.0 Å². The van der Waals surface area contributed by atoms with Gasteiger partial charge in [-0.3, -0.25) is 4.79 Å². The van der Waals surface area contributed by atoms with E-state index in [1.807, 2.05) is 0 Å². The molecule has 2 aromatic rings. The average Bonchev–Trinajstić information content (AvgIpc) is 3.54. The Hall–Kier alpha value is -3.14. The smallest absolute Gasteiger partial charge is 0.376 e. The number of carbonyl (C=O) groups is 2. The van der Waals surface area contributed by atoms with E-state index in [9.17, 15) is 9.59 Å². The van der Waals surface area contributed by atoms with E-state index in [2.05, 4.69) is 38.9 Å². The molecular formula is C25H36N4O6. The summed E-state index contributed by atoms with van der Waals surface area (Å²) in [5.41, 5.74) is 1.05. The lowest BCUT2D eigenvalue weighted by Crippen LogP contribution is -2.34. The summed E-state index contributed by atoms with van der Waals surface area (Å²) in [6.07, 6.45) is 6.39. The topological polar surface area (TPSA) is 116 Å². The molecule has 1 saturated heterocycles. The van der Waals surface area contributed by atoms with Gasteiger partial charge in [-0.05, 0) is 25.8 Å². The highest BCUT2D eigenvalue weighted by molar-refractivity contribution is 5.92. The normalized spacial score (nSPS) is 15.7. The number of nitrogens with one attached hydrogen (secondary N) is 1. The molecule has 1 aliphatic rings. The number of amides is 1. The Labute approximate surface area is 206 Å². The maximum absolute atomic E-state index is 12.7. The average molecular weight is 489 g/mol. The van der Waals surface area contributed by atoms with Crippen LogP contribution in [0.1, 0.15) is 78.6 Å². The maximum Gasteiger partial charge on any atom is 0.376 e. The van der Waals surface area contributed by atoms with Crippen LogP contribution in [0.25, 0.3) is 0 Å². The molecule has 0 saturated carbocycles. The van der Waals surface area contributed by atoms with Crippen LogP contribution in [0.15, 0.2) is 22.9 Å². The van der Waals surface area contributed by atoms with Gasteiger partial charge >= 0.3 is 5.97 Å². The predicted octanol–water partition coefficient (Wildman–Crippen LogP) is 3.43. The van der Waals surface area contributed by atoms with Gasteiger partial charge in [0, 0.05) is 37.7 Å². The first-order chi connectivity index (χ1) is 17.0. The van der Waals surface area contributed by atoms with Crippen LogP contribution in [0.4, 0.5) is 0 Å². The minimum absolute atomic E-state index is 0.112. The van der Waals surface area contributed by atoms with Crippen molar-refractivity contribution in [2.45, 2.75) is 51.9 Å². The third kappa shape index (κ3) is 7.68. The number of esters is 1. The molecule has 1 fully saturated rings. The summed E-state index contributed by atoms with van der Waals surface area (Å²) in [4.78, 5) is 30.8. The van der Waals surface area contributed by atoms with Gasteiger partial charge in [0.1, 0.15) is 5.69 Å². The van der Waals surface area contributed by atoms with E-state index in [0.717, 1.165) is 50.9 Å². The molecule has 0 bridgehead atoms. The van der Waals surface area contributed by atoms with Crippen molar-refractivity contribution < 1.29 is 28.3 Å². The summed E-state index contributed by atoms with van der Waals surface area (Å²) >= 11 is 0. The zero-order chi connectivity index (χ0) is 25.0. The van der Waals surface area contributed by atoms with Crippen molar-refractivity contribution in [1.29, 1.82) is 0 Å². The quantitative estimate of drug-likeness (QED) is 0.315. The number of methoxy groups -OCH3 is 1. The van der Waals surface area contributed by atoms with Gasteiger partial charge in [-0.1, -0.05) is 31.8 Å². The molecule has 0 spiro atoms. The van der Waals surface area contributed by atoms with Gasteiger partial charge in [-0.2, -0.15) is 0 Å². The van der Waals surface area contributed by atoms with Crippen LogP contribution in [0.3, 0.4) is 0 Å². The lowest BCUT2D eigenvalue weighted by Gasteiger charge is -2.16. The van der Waals surface area contributed by atoms with E-state index in [0.29, 0.717) is 43.5 Å². The standard InChI is InChI=1S/C25H36N4O6/c1-4-6-12-33-21-15-20(27-16-23(21)34-13-7-5-2)24(30)26-9-11-29-10-8-18(17-29)19-14-22(35-28-19)25(31)32-3/h14-16,18H,4-13,17H2,1-3H3,(H,26,30)/t18-/m1/s1. The number of likely N-dealkylation sites (tertiary alicyclic amines) is 1. The van der Waals surface area contributed by atoms with Crippen molar-refractivity contribution in [3.63, 3.8) is 0 Å². The number of nitrogens with zero attached hydrogens (tertiary/aromatic N) is 3. The number of rotatable bonds is 14. The third-order valence-electron chi connectivity index (χ3n) is 5.89. The van der Waals surface area contributed by atoms with Gasteiger partial charge in [0.2, 0.25) is 5.76 Å². The number of unbranched alkanes of at least 4 members (excludes halogenated alkanes) is 2. The molecule has 0 unspecified atom stereocenters. The lowest BCUT2D eigenvalue weighted by atomic mass is 10.1. The zero-order valence-electron chi connectivity index (χ0n) is 20.9. The molecule has 192 valence electrons. The van der Waals surface area contributed by atoms with E-state index in [4.69, 9.17) is 14.0 Å². The Balaban J connectivity index is 1.49. The predicted molar refractivity (Wildman–Crippen MR) is 129 cm³/mol. The number of ether oxygens (including phenoxy) is 3. The highest BCUT2D eigenvalue weighted by atomic mass is 16.5. The van der Waals surface area contributed by atoms with Crippen molar-refractivity contribution in [2.75, 3.05) is 46.5 Å². The molecule has 1 aliphatic heterocycles. The Bertz CT molecular complexity index is 963. The fraction of sp³-hybridized carbons (Fsp3) is 0.600. The van der Waals surface area contributed by atoms with Crippen LogP contribution in [0.2, 0.25) is 0 Å². The first-order valence-corrected chi connectivity index (χ1v) is 12.4. The zero-order valence-corrected chi connectivity index (χ0v) is 20.9. The van der Waals surface area contributed by atoms with Crippen molar-refractivity contribution in [2.24, 2.45) is 0 Å². The first kappa shape index (κ1) is 26.5. The third-order valence-corrected chi connectivity index (χ3v) is 5.89. The van der Waals surface area contributed by atoms with Gasteiger partial charge in [-0.15, -0.1) is 0 Å². The monoisotopic (exact) mass is 488 g/mol. The second kappa shape index (κ2) is 13.7. The Morgan fingerprint density at radius 3 is 2.60 bits per heavy atom. The highest BCUT2D eigenvalue weighted by Gasteiger charge is 2.27. The van der Waals surface area contributed by atoms with Crippen LogP contribution in [0.5, 0.6) is 11.5 Å². The van der Waals surface area contributed by atoms with Gasteiger partial charge in [-0.25, -0.2) is 9.78 Å². The summed E-state index contributed by atoms with van der Waals surface area (Å²) in [6.45, 7) is 8.19. The minimum atomic E-state index is -0.533. The Kier molecular flexibility index (Phi) is 10.3. The van der Waals surface area contributed by atoms with E-state index in [-0.39, 0.29) is 17.6 Å². The van der Waals surface area contributed by atoms with E-state index < -0.39 is 5.97 Å². The molecule has 3 rings (SSSR count). The van der Waals surface area contributed by atoms with Crippen molar-refractivity contribution in [3.05, 3.63) is 35.5 Å². The highest BCUT2D eigenvalue weighted by Crippen LogP contribution is 2.28. The number of pyridine rings is 1. The lowest BCUT2D eigenvalue weighted by molar-refractivity contribution is 0.0554. The van der Waals surface area contributed by atoms with Crippen molar-refractivity contribution >= 4 is 11.9 Å².